The van der Waals surface area contributed by atoms with Gasteiger partial charge in [-0.3, -0.25) is 0 Å². The van der Waals surface area contributed by atoms with E-state index in [1.807, 2.05) is 0 Å². The van der Waals surface area contributed by atoms with Crippen LogP contribution in [0.5, 0.6) is 17.2 Å². The Morgan fingerprint density at radius 2 is 0.953 bits per heavy atom. The van der Waals surface area contributed by atoms with Crippen molar-refractivity contribution in [2.45, 2.75) is 0 Å². The monoisotopic (exact) mass is 588 g/mol. The van der Waals surface area contributed by atoms with Gasteiger partial charge in [-0.1, -0.05) is 6.58 Å². The first-order chi connectivity index (χ1) is 21.0. The number of anilines is 6. The van der Waals surface area contributed by atoms with Crippen LogP contribution in [0.3, 0.4) is 0 Å². The van der Waals surface area contributed by atoms with E-state index in [2.05, 4.69) is 37.5 Å². The van der Waals surface area contributed by atoms with Gasteiger partial charge in [-0.15, -0.1) is 0 Å². The van der Waals surface area contributed by atoms with Gasteiger partial charge >= 0.3 is 5.97 Å². The van der Waals surface area contributed by atoms with Crippen LogP contribution < -0.4 is 30.2 Å². The highest BCUT2D eigenvalue weighted by Gasteiger charge is 2.10. The fraction of sp³-hybridized carbons (Fsp3) is 0.200. The summed E-state index contributed by atoms with van der Waals surface area (Å²) in [6.07, 6.45) is 1.10. The molecule has 0 unspecified atom stereocenters. The van der Waals surface area contributed by atoms with E-state index in [4.69, 9.17) is 29.2 Å². The van der Waals surface area contributed by atoms with Crippen LogP contribution in [0, 0.1) is 0 Å². The summed E-state index contributed by atoms with van der Waals surface area (Å²) in [6, 6.07) is 21.4. The number of benzene rings is 3. The average molecular weight is 589 g/mol. The van der Waals surface area contributed by atoms with Crippen molar-refractivity contribution < 1.29 is 34.0 Å². The molecule has 0 saturated heterocycles. The fourth-order valence-corrected chi connectivity index (χ4v) is 3.52. The Bertz CT molecular complexity index is 1380. The first-order valence-electron chi connectivity index (χ1n) is 13.3. The first kappa shape index (κ1) is 30.6. The lowest BCUT2D eigenvalue weighted by Gasteiger charge is -2.13. The van der Waals surface area contributed by atoms with Crippen LogP contribution in [-0.2, 0) is 9.53 Å². The summed E-state index contributed by atoms with van der Waals surface area (Å²) >= 11 is 0. The van der Waals surface area contributed by atoms with Crippen LogP contribution in [0.15, 0.2) is 85.5 Å². The topological polar surface area (TPSA) is 169 Å². The van der Waals surface area contributed by atoms with Gasteiger partial charge in [-0.25, -0.2) is 4.79 Å². The molecule has 0 saturated carbocycles. The highest BCUT2D eigenvalue weighted by Crippen LogP contribution is 2.24. The van der Waals surface area contributed by atoms with Crippen molar-refractivity contribution in [1.29, 1.82) is 0 Å². The molecular formula is C30H32N6O7. The van der Waals surface area contributed by atoms with Crippen molar-refractivity contribution in [3.05, 3.63) is 85.5 Å². The van der Waals surface area contributed by atoms with E-state index in [1.54, 1.807) is 72.8 Å². The molecule has 0 radical (unpaired) electrons. The van der Waals surface area contributed by atoms with Gasteiger partial charge in [-0.05, 0) is 72.8 Å². The van der Waals surface area contributed by atoms with Gasteiger partial charge in [0.15, 0.2) is 0 Å². The smallest absolute Gasteiger partial charge is 0.330 e. The number of aliphatic hydroxyl groups is 2. The second kappa shape index (κ2) is 16.1. The summed E-state index contributed by atoms with van der Waals surface area (Å²) in [6.45, 7) is 3.93. The van der Waals surface area contributed by atoms with Crippen molar-refractivity contribution in [3.63, 3.8) is 0 Å². The van der Waals surface area contributed by atoms with Crippen molar-refractivity contribution in [3.8, 4) is 17.2 Å². The lowest BCUT2D eigenvalue weighted by atomic mass is 10.3. The maximum atomic E-state index is 11.1. The molecule has 0 bridgehead atoms. The van der Waals surface area contributed by atoms with Crippen LogP contribution in [-0.4, -0.2) is 70.8 Å². The summed E-state index contributed by atoms with van der Waals surface area (Å²) in [5, 5.41) is 27.4. The maximum absolute atomic E-state index is 11.1. The van der Waals surface area contributed by atoms with Crippen molar-refractivity contribution in [2.24, 2.45) is 0 Å². The minimum absolute atomic E-state index is 0.0716. The Hall–Kier alpha value is -5.40. The second-order valence-electron chi connectivity index (χ2n) is 8.62. The van der Waals surface area contributed by atoms with Crippen LogP contribution in [0.1, 0.15) is 0 Å². The Kier molecular flexibility index (Phi) is 11.5. The molecule has 0 spiro atoms. The zero-order chi connectivity index (χ0) is 30.3. The number of aromatic nitrogens is 3. The van der Waals surface area contributed by atoms with E-state index in [1.165, 1.54) is 0 Å². The molecule has 0 amide bonds. The lowest BCUT2D eigenvalue weighted by molar-refractivity contribution is -0.138. The molecule has 0 aliphatic carbocycles. The Morgan fingerprint density at radius 3 is 1.28 bits per heavy atom. The van der Waals surface area contributed by atoms with Gasteiger partial charge in [0.05, 0.1) is 13.2 Å². The fourth-order valence-electron chi connectivity index (χ4n) is 3.52. The summed E-state index contributed by atoms with van der Waals surface area (Å²) < 4.78 is 21.3. The van der Waals surface area contributed by atoms with E-state index < -0.39 is 5.97 Å². The molecule has 0 aliphatic rings. The van der Waals surface area contributed by atoms with Gasteiger partial charge in [0.25, 0.3) is 0 Å². The third-order valence-corrected chi connectivity index (χ3v) is 5.45. The number of carbonyl (C=O) groups is 1. The molecule has 3 aromatic carbocycles. The van der Waals surface area contributed by atoms with E-state index in [0.717, 1.165) is 6.08 Å². The molecule has 224 valence electrons. The predicted molar refractivity (Wildman–Crippen MR) is 161 cm³/mol. The molecule has 0 atom stereocenters. The number of esters is 1. The zero-order valence-corrected chi connectivity index (χ0v) is 23.2. The number of ether oxygens (including phenoxy) is 4. The molecule has 13 nitrogen and oxygen atoms in total. The van der Waals surface area contributed by atoms with Gasteiger partial charge < -0.3 is 45.1 Å². The molecule has 1 aromatic heterocycles. The molecule has 13 heteroatoms. The van der Waals surface area contributed by atoms with E-state index >= 15 is 0 Å². The van der Waals surface area contributed by atoms with Gasteiger partial charge in [0.1, 0.15) is 43.7 Å². The van der Waals surface area contributed by atoms with Crippen molar-refractivity contribution in [1.82, 2.24) is 15.0 Å². The molecule has 1 heterocycles. The van der Waals surface area contributed by atoms with Crippen LogP contribution in [0.2, 0.25) is 0 Å². The van der Waals surface area contributed by atoms with Crippen molar-refractivity contribution in [2.75, 3.05) is 55.6 Å². The molecule has 0 fully saturated rings. The number of nitrogens with zero attached hydrogens (tertiary/aromatic N) is 3. The standard InChI is InChI=1S/C30H32N6O7/c1-2-27(39)43-20-19-42-26-13-7-23(8-14-26)33-30-35-28(31-21-3-9-24(10-4-21)40-17-15-37)34-29(36-30)32-22-5-11-25(12-6-22)41-18-16-38/h2-14,37-38H,1,15-20H2,(H3,31,32,33,34,35,36). The maximum Gasteiger partial charge on any atom is 0.330 e. The lowest BCUT2D eigenvalue weighted by Crippen LogP contribution is -2.10. The Balaban J connectivity index is 1.48. The largest absolute Gasteiger partial charge is 0.491 e. The minimum atomic E-state index is -0.503. The molecular weight excluding hydrogens is 556 g/mol. The summed E-state index contributed by atoms with van der Waals surface area (Å²) in [5.41, 5.74) is 2.12. The first-order valence-corrected chi connectivity index (χ1v) is 13.3. The second-order valence-corrected chi connectivity index (χ2v) is 8.62. The molecule has 0 aliphatic heterocycles. The SMILES string of the molecule is C=CC(=O)OCCOc1ccc(Nc2nc(Nc3ccc(OCCO)cc3)nc(Nc3ccc(OCCO)cc3)n2)cc1. The highest BCUT2D eigenvalue weighted by molar-refractivity contribution is 5.81. The van der Waals surface area contributed by atoms with Gasteiger partial charge in [0.2, 0.25) is 17.8 Å². The zero-order valence-electron chi connectivity index (χ0n) is 23.2. The van der Waals surface area contributed by atoms with Gasteiger partial charge in [0, 0.05) is 23.1 Å². The van der Waals surface area contributed by atoms with E-state index in [0.29, 0.717) is 34.3 Å². The Morgan fingerprint density at radius 1 is 0.605 bits per heavy atom. The summed E-state index contributed by atoms with van der Waals surface area (Å²) in [7, 11) is 0. The van der Waals surface area contributed by atoms with Crippen LogP contribution >= 0.6 is 0 Å². The number of rotatable bonds is 17. The molecule has 43 heavy (non-hydrogen) atoms. The van der Waals surface area contributed by atoms with Crippen LogP contribution in [0.4, 0.5) is 34.9 Å². The summed E-state index contributed by atoms with van der Waals surface area (Å²) in [5.74, 6) is 2.17. The Labute approximate surface area is 248 Å². The number of hydrogen-bond donors (Lipinski definition) is 5. The number of nitrogens with one attached hydrogen (secondary N) is 3. The molecule has 4 rings (SSSR count). The summed E-state index contributed by atoms with van der Waals surface area (Å²) in [4.78, 5) is 24.7. The number of aliphatic hydroxyl groups excluding tert-OH is 2. The quantitative estimate of drug-likeness (QED) is 0.0683. The van der Waals surface area contributed by atoms with E-state index in [9.17, 15) is 4.79 Å². The third kappa shape index (κ3) is 10.2. The average Bonchev–Trinajstić information content (AvgIpc) is 3.03. The van der Waals surface area contributed by atoms with Gasteiger partial charge in [-0.2, -0.15) is 15.0 Å². The molecule has 5 N–H and O–H groups in total. The predicted octanol–water partition coefficient (Wildman–Crippen LogP) is 3.95. The number of hydrogen-bond acceptors (Lipinski definition) is 13. The van der Waals surface area contributed by atoms with E-state index in [-0.39, 0.29) is 57.5 Å². The minimum Gasteiger partial charge on any atom is -0.491 e. The van der Waals surface area contributed by atoms with Crippen LogP contribution in [0.25, 0.3) is 0 Å². The normalized spacial score (nSPS) is 10.4. The highest BCUT2D eigenvalue weighted by atomic mass is 16.6. The van der Waals surface area contributed by atoms with Crippen molar-refractivity contribution >= 4 is 40.9 Å². The molecule has 4 aromatic rings. The number of carbonyl (C=O) groups excluding carboxylic acids is 1. The third-order valence-electron chi connectivity index (χ3n) is 5.45.